The number of aliphatic hydroxyl groups is 3. The molecule has 0 aliphatic carbocycles. The fraction of sp³-hybridized carbons (Fsp3) is 0.300. The third kappa shape index (κ3) is 2.92. The molecule has 17 heavy (non-hydrogen) atoms. The summed E-state index contributed by atoms with van der Waals surface area (Å²) in [4.78, 5) is 11.6. The Morgan fingerprint density at radius 3 is 2.71 bits per heavy atom. The van der Waals surface area contributed by atoms with Crippen molar-refractivity contribution in [3.8, 4) is 11.5 Å². The number of Topliss-reactive ketones (excluding diaryl/α,β-unsaturated/α-hetero) is 1. The number of hydrogen-bond donors (Lipinski definition) is 4. The summed E-state index contributed by atoms with van der Waals surface area (Å²) in [5, 5.41) is 27.5. The first-order valence-corrected chi connectivity index (χ1v) is 4.81. The van der Waals surface area contributed by atoms with Gasteiger partial charge in [0.2, 0.25) is 6.79 Å². The van der Waals surface area contributed by atoms with Gasteiger partial charge < -0.3 is 24.8 Å². The number of rotatable bonds is 4. The molecule has 2 rings (SSSR count). The molecular weight excluding hydrogens is 230 g/mol. The molecule has 4 N–H and O–H groups in total. The lowest BCUT2D eigenvalue weighted by Gasteiger charge is -2.14. The van der Waals surface area contributed by atoms with Gasteiger partial charge in [0.25, 0.3) is 0 Å². The Kier molecular flexibility index (Phi) is 2.99. The standard InChI is InChI=1S/C10H11NO6/c12-7(4-11-10(13,14)15)6-1-2-8-9(3-6)17-5-16-8/h1-3,11,13-15H,4-5H2. The zero-order valence-electron chi connectivity index (χ0n) is 8.71. The second kappa shape index (κ2) is 4.30. The van der Waals surface area contributed by atoms with Gasteiger partial charge in [-0.2, -0.15) is 0 Å². The molecule has 7 heteroatoms. The summed E-state index contributed by atoms with van der Waals surface area (Å²) in [5.74, 6) is 0.583. The van der Waals surface area contributed by atoms with E-state index in [0.717, 1.165) is 0 Å². The monoisotopic (exact) mass is 241 g/mol. The molecule has 0 saturated heterocycles. The van der Waals surface area contributed by atoms with E-state index in [0.29, 0.717) is 17.1 Å². The average Bonchev–Trinajstić information content (AvgIpc) is 2.71. The Labute approximate surface area is 96.2 Å². The molecule has 0 radical (unpaired) electrons. The van der Waals surface area contributed by atoms with Gasteiger partial charge in [-0.3, -0.25) is 4.79 Å². The Hall–Kier alpha value is -1.67. The fourth-order valence-electron chi connectivity index (χ4n) is 1.37. The third-order valence-corrected chi connectivity index (χ3v) is 2.18. The highest BCUT2D eigenvalue weighted by atomic mass is 16.7. The highest BCUT2D eigenvalue weighted by molar-refractivity contribution is 5.98. The van der Waals surface area contributed by atoms with Crippen LogP contribution in [-0.4, -0.2) is 40.5 Å². The quantitative estimate of drug-likeness (QED) is 0.386. The number of fused-ring (bicyclic) bond motifs is 1. The zero-order valence-corrected chi connectivity index (χ0v) is 8.71. The maximum absolute atomic E-state index is 11.6. The van der Waals surface area contributed by atoms with Gasteiger partial charge in [-0.05, 0) is 18.2 Å². The molecule has 92 valence electrons. The molecule has 1 aliphatic heterocycles. The van der Waals surface area contributed by atoms with Crippen molar-refractivity contribution in [3.05, 3.63) is 23.8 Å². The minimum absolute atomic E-state index is 0.109. The van der Waals surface area contributed by atoms with Crippen LogP contribution in [0.4, 0.5) is 0 Å². The summed E-state index contributed by atoms with van der Waals surface area (Å²) in [7, 11) is 0. The number of hydrogen-bond acceptors (Lipinski definition) is 7. The summed E-state index contributed by atoms with van der Waals surface area (Å²) < 4.78 is 10.2. The van der Waals surface area contributed by atoms with E-state index in [1.807, 2.05) is 5.32 Å². The third-order valence-electron chi connectivity index (χ3n) is 2.18. The van der Waals surface area contributed by atoms with E-state index in [1.165, 1.54) is 12.1 Å². The van der Waals surface area contributed by atoms with Crippen molar-refractivity contribution in [2.45, 2.75) is 6.10 Å². The molecule has 1 aromatic carbocycles. The van der Waals surface area contributed by atoms with E-state index in [-0.39, 0.29) is 6.79 Å². The minimum atomic E-state index is -3.06. The largest absolute Gasteiger partial charge is 0.454 e. The molecule has 1 aliphatic rings. The molecule has 0 aromatic heterocycles. The van der Waals surface area contributed by atoms with Crippen LogP contribution in [0.25, 0.3) is 0 Å². The van der Waals surface area contributed by atoms with Crippen molar-refractivity contribution in [1.82, 2.24) is 5.32 Å². The Balaban J connectivity index is 2.05. The first kappa shape index (κ1) is 11.8. The molecule has 0 amide bonds. The van der Waals surface area contributed by atoms with Crippen LogP contribution in [0.15, 0.2) is 18.2 Å². The van der Waals surface area contributed by atoms with E-state index in [9.17, 15) is 4.79 Å². The molecule has 0 atom stereocenters. The molecule has 0 bridgehead atoms. The highest BCUT2D eigenvalue weighted by Gasteiger charge is 2.20. The Morgan fingerprint density at radius 1 is 1.29 bits per heavy atom. The van der Waals surface area contributed by atoms with Crippen LogP contribution in [-0.2, 0) is 0 Å². The fourth-order valence-corrected chi connectivity index (χ4v) is 1.37. The second-order valence-electron chi connectivity index (χ2n) is 3.48. The van der Waals surface area contributed by atoms with E-state index < -0.39 is 18.4 Å². The van der Waals surface area contributed by atoms with Gasteiger partial charge in [-0.25, -0.2) is 5.32 Å². The van der Waals surface area contributed by atoms with Crippen LogP contribution in [0.1, 0.15) is 10.4 Å². The van der Waals surface area contributed by atoms with Crippen molar-refractivity contribution in [3.63, 3.8) is 0 Å². The first-order valence-electron chi connectivity index (χ1n) is 4.81. The van der Waals surface area contributed by atoms with Crippen molar-refractivity contribution in [1.29, 1.82) is 0 Å². The second-order valence-corrected chi connectivity index (χ2v) is 3.48. The first-order chi connectivity index (χ1) is 7.96. The molecule has 0 spiro atoms. The van der Waals surface area contributed by atoms with Crippen LogP contribution in [0.3, 0.4) is 0 Å². The van der Waals surface area contributed by atoms with Crippen molar-refractivity contribution >= 4 is 5.78 Å². The van der Waals surface area contributed by atoms with Gasteiger partial charge >= 0.3 is 6.10 Å². The van der Waals surface area contributed by atoms with Crippen LogP contribution in [0, 0.1) is 0 Å². The molecule has 0 unspecified atom stereocenters. The van der Waals surface area contributed by atoms with Crippen LogP contribution < -0.4 is 14.8 Å². The van der Waals surface area contributed by atoms with Gasteiger partial charge in [0, 0.05) is 5.56 Å². The number of nitrogens with one attached hydrogen (secondary N) is 1. The van der Waals surface area contributed by atoms with Gasteiger partial charge in [-0.15, -0.1) is 0 Å². The summed E-state index contributed by atoms with van der Waals surface area (Å²) in [6, 6.07) is 4.59. The number of benzene rings is 1. The molecule has 7 nitrogen and oxygen atoms in total. The van der Waals surface area contributed by atoms with Crippen LogP contribution >= 0.6 is 0 Å². The highest BCUT2D eigenvalue weighted by Crippen LogP contribution is 2.32. The van der Waals surface area contributed by atoms with Crippen LogP contribution in [0.5, 0.6) is 11.5 Å². The maximum atomic E-state index is 11.6. The van der Waals surface area contributed by atoms with E-state index in [2.05, 4.69) is 0 Å². The maximum Gasteiger partial charge on any atom is 0.343 e. The zero-order chi connectivity index (χ0) is 12.5. The number of carbonyl (C=O) groups is 1. The average molecular weight is 241 g/mol. The van der Waals surface area contributed by atoms with Gasteiger partial charge in [0.15, 0.2) is 17.3 Å². The number of ketones is 1. The molecule has 0 saturated carbocycles. The predicted molar refractivity (Wildman–Crippen MR) is 54.3 cm³/mol. The topological polar surface area (TPSA) is 108 Å². The predicted octanol–water partition coefficient (Wildman–Crippen LogP) is -1.22. The minimum Gasteiger partial charge on any atom is -0.454 e. The summed E-state index contributed by atoms with van der Waals surface area (Å²) in [6.07, 6.45) is -3.06. The lowest BCUT2D eigenvalue weighted by atomic mass is 10.1. The normalized spacial score (nSPS) is 13.8. The van der Waals surface area contributed by atoms with E-state index in [4.69, 9.17) is 24.8 Å². The Bertz CT molecular complexity index is 439. The van der Waals surface area contributed by atoms with Crippen molar-refractivity contribution < 1.29 is 29.6 Å². The Morgan fingerprint density at radius 2 is 2.00 bits per heavy atom. The summed E-state index contributed by atoms with van der Waals surface area (Å²) in [5.41, 5.74) is 0.311. The molecule has 1 aromatic rings. The smallest absolute Gasteiger partial charge is 0.343 e. The SMILES string of the molecule is O=C(CNC(O)(O)O)c1ccc2c(c1)OCO2. The lowest BCUT2D eigenvalue weighted by molar-refractivity contribution is -0.329. The van der Waals surface area contributed by atoms with Crippen molar-refractivity contribution in [2.75, 3.05) is 13.3 Å². The number of carbonyl (C=O) groups excluding carboxylic acids is 1. The van der Waals surface area contributed by atoms with Gasteiger partial charge in [0.1, 0.15) is 0 Å². The van der Waals surface area contributed by atoms with E-state index >= 15 is 0 Å². The van der Waals surface area contributed by atoms with Gasteiger partial charge in [0.05, 0.1) is 6.54 Å². The lowest BCUT2D eigenvalue weighted by Crippen LogP contribution is -2.47. The summed E-state index contributed by atoms with van der Waals surface area (Å²) in [6.45, 7) is -0.318. The molecule has 1 heterocycles. The molecular formula is C10H11NO6. The summed E-state index contributed by atoms with van der Waals surface area (Å²) >= 11 is 0. The number of ether oxygens (including phenoxy) is 2. The van der Waals surface area contributed by atoms with Crippen molar-refractivity contribution in [2.24, 2.45) is 0 Å². The van der Waals surface area contributed by atoms with E-state index in [1.54, 1.807) is 6.07 Å². The molecule has 0 fully saturated rings. The van der Waals surface area contributed by atoms with Gasteiger partial charge in [-0.1, -0.05) is 0 Å². The van der Waals surface area contributed by atoms with Crippen LogP contribution in [0.2, 0.25) is 0 Å².